The zero-order valence-corrected chi connectivity index (χ0v) is 20.2. The normalized spacial score (nSPS) is 11.9. The van der Waals surface area contributed by atoms with Crippen LogP contribution in [0, 0.1) is 6.92 Å². The average Bonchev–Trinajstić information content (AvgIpc) is 3.24. The van der Waals surface area contributed by atoms with Crippen molar-refractivity contribution >= 4 is 16.9 Å². The van der Waals surface area contributed by atoms with Crippen LogP contribution >= 0.6 is 0 Å². The molecule has 0 saturated heterocycles. The Morgan fingerprint density at radius 3 is 2.50 bits per heavy atom. The van der Waals surface area contributed by atoms with Gasteiger partial charge in [-0.15, -0.1) is 0 Å². The lowest BCUT2D eigenvalue weighted by Gasteiger charge is -2.24. The molecule has 34 heavy (non-hydrogen) atoms. The number of amides is 1. The van der Waals surface area contributed by atoms with E-state index in [2.05, 4.69) is 12.2 Å². The van der Waals surface area contributed by atoms with Gasteiger partial charge in [0.1, 0.15) is 11.9 Å². The van der Waals surface area contributed by atoms with Crippen LogP contribution < -0.4 is 14.8 Å². The highest BCUT2D eigenvalue weighted by molar-refractivity contribution is 5.90. The quantitative estimate of drug-likeness (QED) is 0.336. The second kappa shape index (κ2) is 10.4. The lowest BCUT2D eigenvalue weighted by atomic mass is 9.99. The smallest absolute Gasteiger partial charge is 0.247 e. The number of hydrogen-bond donors (Lipinski definition) is 1. The van der Waals surface area contributed by atoms with E-state index >= 15 is 0 Å². The van der Waals surface area contributed by atoms with Crippen molar-refractivity contribution < 1.29 is 14.3 Å². The number of para-hydroxylation sites is 3. The first-order valence-electron chi connectivity index (χ1n) is 11.6. The summed E-state index contributed by atoms with van der Waals surface area (Å²) in [4.78, 5) is 18.7. The maximum Gasteiger partial charge on any atom is 0.247 e. The number of nitrogens with zero attached hydrogens (tertiary/aromatic N) is 2. The van der Waals surface area contributed by atoms with E-state index < -0.39 is 6.04 Å². The standard InChI is InChI=1S/C28H31N3O3/c1-5-6-18-29-28(32)25(20-13-8-7-12-19(20)2)31-23-16-10-9-15-22(23)30-27(31)21-14-11-17-24(33-3)26(21)34-4/h7-17,25H,5-6,18H2,1-4H3,(H,29,32). The molecular formula is C28H31N3O3. The lowest BCUT2D eigenvalue weighted by molar-refractivity contribution is -0.123. The topological polar surface area (TPSA) is 65.4 Å². The van der Waals surface area contributed by atoms with Crippen molar-refractivity contribution in [2.24, 2.45) is 0 Å². The Kier molecular flexibility index (Phi) is 7.16. The number of unbranched alkanes of at least 4 members (excludes halogenated alkanes) is 1. The Labute approximate surface area is 200 Å². The summed E-state index contributed by atoms with van der Waals surface area (Å²) in [6.45, 7) is 4.77. The summed E-state index contributed by atoms with van der Waals surface area (Å²) >= 11 is 0. The third-order valence-corrected chi connectivity index (χ3v) is 6.06. The predicted molar refractivity (Wildman–Crippen MR) is 136 cm³/mol. The van der Waals surface area contributed by atoms with E-state index in [9.17, 15) is 4.79 Å². The van der Waals surface area contributed by atoms with Crippen molar-refractivity contribution in [3.8, 4) is 22.9 Å². The van der Waals surface area contributed by atoms with Crippen LogP contribution in [0.5, 0.6) is 11.5 Å². The summed E-state index contributed by atoms with van der Waals surface area (Å²) in [5.41, 5.74) is 4.42. The zero-order chi connectivity index (χ0) is 24.1. The Morgan fingerprint density at radius 2 is 1.76 bits per heavy atom. The molecular weight excluding hydrogens is 426 g/mol. The molecule has 0 aliphatic heterocycles. The molecule has 1 aromatic heterocycles. The molecule has 0 fully saturated rings. The SMILES string of the molecule is CCCCNC(=O)C(c1ccccc1C)n1c(-c2cccc(OC)c2OC)nc2ccccc21. The fraction of sp³-hybridized carbons (Fsp3) is 0.286. The molecule has 1 heterocycles. The third kappa shape index (κ3) is 4.36. The van der Waals surface area contributed by atoms with E-state index in [-0.39, 0.29) is 5.91 Å². The molecule has 6 nitrogen and oxygen atoms in total. The summed E-state index contributed by atoms with van der Waals surface area (Å²) in [6, 6.07) is 21.0. The molecule has 0 radical (unpaired) electrons. The average molecular weight is 458 g/mol. The molecule has 3 aromatic carbocycles. The van der Waals surface area contributed by atoms with Crippen LogP contribution in [0.1, 0.15) is 36.9 Å². The van der Waals surface area contributed by atoms with Crippen LogP contribution in [0.3, 0.4) is 0 Å². The largest absolute Gasteiger partial charge is 0.493 e. The van der Waals surface area contributed by atoms with Crippen LogP contribution in [0.2, 0.25) is 0 Å². The van der Waals surface area contributed by atoms with E-state index in [4.69, 9.17) is 14.5 Å². The van der Waals surface area contributed by atoms with Gasteiger partial charge >= 0.3 is 0 Å². The van der Waals surface area contributed by atoms with Crippen LogP contribution in [0.15, 0.2) is 66.7 Å². The van der Waals surface area contributed by atoms with E-state index in [0.29, 0.717) is 23.9 Å². The highest BCUT2D eigenvalue weighted by Gasteiger charge is 2.30. The number of ether oxygens (including phenoxy) is 2. The van der Waals surface area contributed by atoms with E-state index in [0.717, 1.165) is 40.6 Å². The van der Waals surface area contributed by atoms with Crippen molar-refractivity contribution in [3.63, 3.8) is 0 Å². The number of aromatic nitrogens is 2. The van der Waals surface area contributed by atoms with Crippen molar-refractivity contribution in [1.82, 2.24) is 14.9 Å². The molecule has 1 amide bonds. The van der Waals surface area contributed by atoms with E-state index in [1.54, 1.807) is 14.2 Å². The number of carbonyl (C=O) groups excluding carboxylic acids is 1. The minimum absolute atomic E-state index is 0.0611. The minimum Gasteiger partial charge on any atom is -0.493 e. The molecule has 0 aliphatic carbocycles. The number of imidazole rings is 1. The minimum atomic E-state index is -0.601. The maximum atomic E-state index is 13.8. The van der Waals surface area contributed by atoms with Gasteiger partial charge in [-0.3, -0.25) is 4.79 Å². The Balaban J connectivity index is 2.01. The number of methoxy groups -OCH3 is 2. The number of carbonyl (C=O) groups is 1. The van der Waals surface area contributed by atoms with Crippen LogP contribution in [0.25, 0.3) is 22.4 Å². The summed E-state index contributed by atoms with van der Waals surface area (Å²) in [5, 5.41) is 3.15. The number of hydrogen-bond acceptors (Lipinski definition) is 4. The summed E-state index contributed by atoms with van der Waals surface area (Å²) < 4.78 is 13.3. The Hall–Kier alpha value is -3.80. The Morgan fingerprint density at radius 1 is 1.00 bits per heavy atom. The first-order valence-corrected chi connectivity index (χ1v) is 11.6. The van der Waals surface area contributed by atoms with Gasteiger partial charge in [-0.1, -0.05) is 55.8 Å². The first kappa shape index (κ1) is 23.4. The molecule has 0 spiro atoms. The van der Waals surface area contributed by atoms with Gasteiger partial charge in [-0.25, -0.2) is 4.98 Å². The van der Waals surface area contributed by atoms with Gasteiger partial charge in [0, 0.05) is 6.54 Å². The van der Waals surface area contributed by atoms with Crippen molar-refractivity contribution in [1.29, 1.82) is 0 Å². The predicted octanol–water partition coefficient (Wildman–Crippen LogP) is 5.53. The molecule has 4 rings (SSSR count). The van der Waals surface area contributed by atoms with E-state index in [1.807, 2.05) is 78.2 Å². The molecule has 1 unspecified atom stereocenters. The zero-order valence-electron chi connectivity index (χ0n) is 20.2. The number of benzene rings is 3. The molecule has 1 N–H and O–H groups in total. The van der Waals surface area contributed by atoms with Crippen LogP contribution in [-0.4, -0.2) is 36.2 Å². The summed E-state index contributed by atoms with van der Waals surface area (Å²) in [6.07, 6.45) is 1.93. The second-order valence-corrected chi connectivity index (χ2v) is 8.24. The number of rotatable bonds is 9. The van der Waals surface area contributed by atoms with Crippen molar-refractivity contribution in [2.45, 2.75) is 32.7 Å². The van der Waals surface area contributed by atoms with Gasteiger partial charge in [0.25, 0.3) is 0 Å². The van der Waals surface area contributed by atoms with Crippen molar-refractivity contribution in [2.75, 3.05) is 20.8 Å². The highest BCUT2D eigenvalue weighted by atomic mass is 16.5. The lowest BCUT2D eigenvalue weighted by Crippen LogP contribution is -2.34. The van der Waals surface area contributed by atoms with Crippen LogP contribution in [-0.2, 0) is 4.79 Å². The molecule has 1 atom stereocenters. The van der Waals surface area contributed by atoms with Gasteiger partial charge in [0.05, 0.1) is 30.8 Å². The number of nitrogens with one attached hydrogen (secondary N) is 1. The first-order chi connectivity index (χ1) is 16.6. The van der Waals surface area contributed by atoms with E-state index in [1.165, 1.54) is 0 Å². The molecule has 6 heteroatoms. The maximum absolute atomic E-state index is 13.8. The van der Waals surface area contributed by atoms with Gasteiger partial charge in [0.2, 0.25) is 5.91 Å². The van der Waals surface area contributed by atoms with Crippen LogP contribution in [0.4, 0.5) is 0 Å². The van der Waals surface area contributed by atoms with Gasteiger partial charge in [-0.2, -0.15) is 0 Å². The fourth-order valence-corrected chi connectivity index (χ4v) is 4.34. The Bertz CT molecular complexity index is 1300. The number of aryl methyl sites for hydroxylation is 1. The third-order valence-electron chi connectivity index (χ3n) is 6.06. The molecule has 0 aliphatic rings. The molecule has 4 aromatic rings. The van der Waals surface area contributed by atoms with Gasteiger partial charge in [-0.05, 0) is 48.7 Å². The monoisotopic (exact) mass is 457 g/mol. The van der Waals surface area contributed by atoms with Gasteiger partial charge < -0.3 is 19.4 Å². The molecule has 0 bridgehead atoms. The van der Waals surface area contributed by atoms with Crippen molar-refractivity contribution in [3.05, 3.63) is 77.9 Å². The second-order valence-electron chi connectivity index (χ2n) is 8.24. The van der Waals surface area contributed by atoms with Gasteiger partial charge in [0.15, 0.2) is 11.5 Å². The fourth-order valence-electron chi connectivity index (χ4n) is 4.34. The summed E-state index contributed by atoms with van der Waals surface area (Å²) in [7, 11) is 3.23. The highest BCUT2D eigenvalue weighted by Crippen LogP contribution is 2.41. The summed E-state index contributed by atoms with van der Waals surface area (Å²) in [5.74, 6) is 1.78. The molecule has 0 saturated carbocycles. The molecule has 176 valence electrons. The number of fused-ring (bicyclic) bond motifs is 1.